The van der Waals surface area contributed by atoms with E-state index in [9.17, 15) is 9.59 Å². The molecule has 0 atom stereocenters. The number of nitrogens with one attached hydrogen (secondary N) is 1. The maximum atomic E-state index is 13.1. The normalized spacial score (nSPS) is 11.0. The molecule has 0 radical (unpaired) electrons. The lowest BCUT2D eigenvalue weighted by Gasteiger charge is -2.14. The summed E-state index contributed by atoms with van der Waals surface area (Å²) in [4.78, 5) is 30.2. The van der Waals surface area contributed by atoms with Crippen LogP contribution in [0, 0.1) is 11.3 Å². The minimum atomic E-state index is -0.219. The average Bonchev–Trinajstić information content (AvgIpc) is 2.77. The van der Waals surface area contributed by atoms with Gasteiger partial charge in [0.1, 0.15) is 0 Å². The lowest BCUT2D eigenvalue weighted by molar-refractivity contribution is -0.113. The molecule has 0 spiro atoms. The highest BCUT2D eigenvalue weighted by Gasteiger charge is 2.14. The zero-order chi connectivity index (χ0) is 23.8. The Labute approximate surface area is 201 Å². The number of hydrogen-bond acceptors (Lipinski definition) is 6. The molecule has 7 nitrogen and oxygen atoms in total. The van der Waals surface area contributed by atoms with Crippen LogP contribution in [0.5, 0.6) is 0 Å². The predicted molar refractivity (Wildman–Crippen MR) is 132 cm³/mol. The average molecular weight is 485 g/mol. The molecule has 1 amide bonds. The van der Waals surface area contributed by atoms with Crippen LogP contribution in [-0.4, -0.2) is 33.9 Å². The van der Waals surface area contributed by atoms with Gasteiger partial charge in [-0.1, -0.05) is 35.5 Å². The first-order valence-corrected chi connectivity index (χ1v) is 11.9. The van der Waals surface area contributed by atoms with Gasteiger partial charge in [0.2, 0.25) is 5.91 Å². The second-order valence-corrected chi connectivity index (χ2v) is 9.03. The third-order valence-corrected chi connectivity index (χ3v) is 5.92. The molecule has 1 heterocycles. The first-order valence-electron chi connectivity index (χ1n) is 10.6. The van der Waals surface area contributed by atoms with E-state index >= 15 is 0 Å². The van der Waals surface area contributed by atoms with Gasteiger partial charge < -0.3 is 10.1 Å². The number of anilines is 1. The standard InChI is InChI=1S/C24H25ClN4O3S/c1-16(2)32-13-3-12-29-23(31)20-9-6-18(25)14-21(20)28-24(29)33-15-22(30)27-19-7-4-17(5-8-19)10-11-26/h4-9,14,16H,3,10,12-13,15H2,1-2H3,(H,27,30). The number of rotatable bonds is 10. The quantitative estimate of drug-likeness (QED) is 0.255. The van der Waals surface area contributed by atoms with E-state index < -0.39 is 0 Å². The van der Waals surface area contributed by atoms with Gasteiger partial charge in [-0.05, 0) is 56.2 Å². The number of aromatic nitrogens is 2. The lowest BCUT2D eigenvalue weighted by Crippen LogP contribution is -2.25. The molecule has 0 unspecified atom stereocenters. The molecule has 3 rings (SSSR count). The Morgan fingerprint density at radius 1 is 1.27 bits per heavy atom. The van der Waals surface area contributed by atoms with E-state index in [1.165, 1.54) is 11.8 Å². The number of halogens is 1. The third-order valence-electron chi connectivity index (χ3n) is 4.71. The second-order valence-electron chi connectivity index (χ2n) is 7.65. The van der Waals surface area contributed by atoms with Crippen molar-refractivity contribution in [1.82, 2.24) is 9.55 Å². The first kappa shape index (κ1) is 24.8. The number of ether oxygens (including phenoxy) is 1. The molecule has 1 aromatic heterocycles. The van der Waals surface area contributed by atoms with Crippen LogP contribution in [0.3, 0.4) is 0 Å². The summed E-state index contributed by atoms with van der Waals surface area (Å²) >= 11 is 7.29. The van der Waals surface area contributed by atoms with Crippen LogP contribution in [-0.2, 0) is 22.5 Å². The maximum Gasteiger partial charge on any atom is 0.262 e. The number of amides is 1. The molecule has 0 bridgehead atoms. The number of fused-ring (bicyclic) bond motifs is 1. The van der Waals surface area contributed by atoms with Crippen molar-refractivity contribution in [3.8, 4) is 6.07 Å². The number of thioether (sulfide) groups is 1. The Bertz CT molecular complexity index is 1220. The van der Waals surface area contributed by atoms with Crippen LogP contribution in [0.1, 0.15) is 25.8 Å². The van der Waals surface area contributed by atoms with Gasteiger partial charge in [-0.2, -0.15) is 5.26 Å². The van der Waals surface area contributed by atoms with Crippen molar-refractivity contribution in [2.75, 3.05) is 17.7 Å². The molecular weight excluding hydrogens is 460 g/mol. The van der Waals surface area contributed by atoms with Crippen molar-refractivity contribution >= 4 is 45.9 Å². The van der Waals surface area contributed by atoms with Crippen LogP contribution in [0.25, 0.3) is 10.9 Å². The monoisotopic (exact) mass is 484 g/mol. The summed E-state index contributed by atoms with van der Waals surface area (Å²) in [5, 5.41) is 13.0. The topological polar surface area (TPSA) is 97.0 Å². The maximum absolute atomic E-state index is 13.1. The van der Waals surface area contributed by atoms with Gasteiger partial charge >= 0.3 is 0 Å². The fourth-order valence-corrected chi connectivity index (χ4v) is 4.14. The number of benzene rings is 2. The molecule has 9 heteroatoms. The van der Waals surface area contributed by atoms with Crippen molar-refractivity contribution in [2.24, 2.45) is 0 Å². The highest BCUT2D eigenvalue weighted by molar-refractivity contribution is 7.99. The molecule has 0 aliphatic rings. The predicted octanol–water partition coefficient (Wildman–Crippen LogP) is 4.66. The molecular formula is C24H25ClN4O3S. The SMILES string of the molecule is CC(C)OCCCn1c(SCC(=O)Nc2ccc(CC#N)cc2)nc2cc(Cl)ccc2c1=O. The van der Waals surface area contributed by atoms with Gasteiger partial charge in [-0.3, -0.25) is 14.2 Å². The summed E-state index contributed by atoms with van der Waals surface area (Å²) in [6.45, 7) is 4.88. The number of carbonyl (C=O) groups excluding carboxylic acids is 1. The van der Waals surface area contributed by atoms with Crippen molar-refractivity contribution in [3.05, 3.63) is 63.4 Å². The molecule has 1 N–H and O–H groups in total. The van der Waals surface area contributed by atoms with Gasteiger partial charge in [0.05, 0.1) is 35.2 Å². The van der Waals surface area contributed by atoms with Gasteiger partial charge in [0, 0.05) is 23.9 Å². The fraction of sp³-hybridized carbons (Fsp3) is 0.333. The van der Waals surface area contributed by atoms with Gasteiger partial charge in [0.25, 0.3) is 5.56 Å². The van der Waals surface area contributed by atoms with Crippen LogP contribution < -0.4 is 10.9 Å². The van der Waals surface area contributed by atoms with Crippen molar-refractivity contribution < 1.29 is 9.53 Å². The largest absolute Gasteiger partial charge is 0.379 e. The Balaban J connectivity index is 1.75. The summed E-state index contributed by atoms with van der Waals surface area (Å²) in [5.74, 6) is -0.135. The fourth-order valence-electron chi connectivity index (χ4n) is 3.15. The summed E-state index contributed by atoms with van der Waals surface area (Å²) in [6, 6.07) is 14.2. The summed E-state index contributed by atoms with van der Waals surface area (Å²) in [5.41, 5.74) is 1.86. The molecule has 0 saturated heterocycles. The van der Waals surface area contributed by atoms with Crippen LogP contribution in [0.4, 0.5) is 5.69 Å². The van der Waals surface area contributed by atoms with E-state index in [0.717, 1.165) is 5.56 Å². The van der Waals surface area contributed by atoms with Crippen LogP contribution >= 0.6 is 23.4 Å². The molecule has 33 heavy (non-hydrogen) atoms. The van der Waals surface area contributed by atoms with E-state index in [1.807, 2.05) is 13.8 Å². The zero-order valence-electron chi connectivity index (χ0n) is 18.5. The highest BCUT2D eigenvalue weighted by Crippen LogP contribution is 2.21. The molecule has 2 aromatic carbocycles. The third kappa shape index (κ3) is 7.06. The smallest absolute Gasteiger partial charge is 0.262 e. The number of hydrogen-bond donors (Lipinski definition) is 1. The molecule has 3 aromatic rings. The molecule has 0 aliphatic carbocycles. The van der Waals surface area contributed by atoms with Gasteiger partial charge in [-0.25, -0.2) is 4.98 Å². The minimum absolute atomic E-state index is 0.0843. The van der Waals surface area contributed by atoms with E-state index in [2.05, 4.69) is 16.4 Å². The van der Waals surface area contributed by atoms with E-state index in [1.54, 1.807) is 47.0 Å². The second kappa shape index (κ2) is 11.8. The van der Waals surface area contributed by atoms with Gasteiger partial charge in [-0.15, -0.1) is 0 Å². The summed E-state index contributed by atoms with van der Waals surface area (Å²) in [6.07, 6.45) is 1.08. The van der Waals surface area contributed by atoms with Crippen LogP contribution in [0.15, 0.2) is 52.4 Å². The van der Waals surface area contributed by atoms with Crippen LogP contribution in [0.2, 0.25) is 5.02 Å². The first-order chi connectivity index (χ1) is 15.9. The number of nitriles is 1. The zero-order valence-corrected chi connectivity index (χ0v) is 20.1. The Hall–Kier alpha value is -2.86. The Morgan fingerprint density at radius 2 is 2.03 bits per heavy atom. The summed E-state index contributed by atoms with van der Waals surface area (Å²) < 4.78 is 7.18. The highest BCUT2D eigenvalue weighted by atomic mass is 35.5. The lowest BCUT2D eigenvalue weighted by atomic mass is 10.1. The van der Waals surface area contributed by atoms with E-state index in [4.69, 9.17) is 21.6 Å². The number of nitrogens with zero attached hydrogens (tertiary/aromatic N) is 3. The van der Waals surface area contributed by atoms with Gasteiger partial charge in [0.15, 0.2) is 5.16 Å². The molecule has 0 fully saturated rings. The van der Waals surface area contributed by atoms with E-state index in [-0.39, 0.29) is 23.3 Å². The molecule has 0 aliphatic heterocycles. The Kier molecular flexibility index (Phi) is 8.89. The Morgan fingerprint density at radius 3 is 2.73 bits per heavy atom. The summed E-state index contributed by atoms with van der Waals surface area (Å²) in [7, 11) is 0. The van der Waals surface area contributed by atoms with E-state index in [0.29, 0.717) is 52.8 Å². The number of carbonyl (C=O) groups is 1. The van der Waals surface area contributed by atoms with Crippen molar-refractivity contribution in [1.29, 1.82) is 5.26 Å². The van der Waals surface area contributed by atoms with Crippen molar-refractivity contribution in [3.63, 3.8) is 0 Å². The molecule has 0 saturated carbocycles. The minimum Gasteiger partial charge on any atom is -0.379 e. The van der Waals surface area contributed by atoms with Crippen molar-refractivity contribution in [2.45, 2.75) is 44.5 Å². The molecule has 172 valence electrons.